The van der Waals surface area contributed by atoms with Crippen LogP contribution in [-0.4, -0.2) is 44.7 Å². The van der Waals surface area contributed by atoms with Crippen LogP contribution in [0.15, 0.2) is 84.5 Å². The molecule has 7 heteroatoms. The largest absolute Gasteiger partial charge is 0.507 e. The monoisotopic (exact) mass is 698 g/mol. The molecular formula is C45H46O7. The van der Waals surface area contributed by atoms with E-state index in [1.807, 2.05) is 51.1 Å². The zero-order chi connectivity index (χ0) is 37.7. The second-order valence-electron chi connectivity index (χ2n) is 16.3. The maximum absolute atomic E-state index is 14.8. The third kappa shape index (κ3) is 4.64. The molecule has 2 saturated carbocycles. The van der Waals surface area contributed by atoms with Gasteiger partial charge in [-0.25, -0.2) is 0 Å². The molecule has 3 aromatic carbocycles. The SMILES string of the molecule is CC(=O)C1C(=O)C(C(C)C)[C@@]2(C)[C@H](C)[C@]3(C)C(C(=O)c4c(ccc(CC5=CC(c6ccc(-c7ccccc7)cc6)=CC5)c4O)[C@H]3C)C(=O)[C@@]2(O)C1=O. The zero-order valence-electron chi connectivity index (χ0n) is 30.8. The van der Waals surface area contributed by atoms with Crippen molar-refractivity contribution in [1.29, 1.82) is 0 Å². The van der Waals surface area contributed by atoms with Crippen molar-refractivity contribution in [3.63, 3.8) is 0 Å². The summed E-state index contributed by atoms with van der Waals surface area (Å²) in [5, 5.41) is 24.3. The summed E-state index contributed by atoms with van der Waals surface area (Å²) in [5.41, 5.74) is 1.20. The third-order valence-electron chi connectivity index (χ3n) is 13.7. The van der Waals surface area contributed by atoms with Crippen LogP contribution in [0, 0.1) is 40.4 Å². The summed E-state index contributed by atoms with van der Waals surface area (Å²) in [7, 11) is 0. The van der Waals surface area contributed by atoms with Gasteiger partial charge in [0.2, 0.25) is 0 Å². The molecule has 7 nitrogen and oxygen atoms in total. The average Bonchev–Trinajstić information content (AvgIpc) is 3.58. The van der Waals surface area contributed by atoms with E-state index < -0.39 is 80.9 Å². The lowest BCUT2D eigenvalue weighted by molar-refractivity contribution is -0.222. The highest BCUT2D eigenvalue weighted by Gasteiger charge is 2.79. The van der Waals surface area contributed by atoms with Gasteiger partial charge in [0.1, 0.15) is 17.5 Å². The molecule has 0 saturated heterocycles. The third-order valence-corrected chi connectivity index (χ3v) is 13.7. The average molecular weight is 699 g/mol. The number of allylic oxidation sites excluding steroid dienone is 4. The van der Waals surface area contributed by atoms with Crippen molar-refractivity contribution in [2.45, 2.75) is 72.8 Å². The van der Waals surface area contributed by atoms with E-state index in [9.17, 15) is 34.2 Å². The van der Waals surface area contributed by atoms with Crippen LogP contribution >= 0.6 is 0 Å². The Hall–Kier alpha value is -4.75. The molecule has 0 heterocycles. The van der Waals surface area contributed by atoms with Gasteiger partial charge in [0, 0.05) is 11.3 Å². The minimum atomic E-state index is -2.74. The molecule has 2 N–H and O–H groups in total. The maximum Gasteiger partial charge on any atom is 0.190 e. The van der Waals surface area contributed by atoms with Crippen molar-refractivity contribution < 1.29 is 34.2 Å². The second kappa shape index (κ2) is 12.2. The molecule has 0 radical (unpaired) electrons. The summed E-state index contributed by atoms with van der Waals surface area (Å²) < 4.78 is 0. The number of aromatic hydroxyl groups is 1. The number of carbonyl (C=O) groups is 5. The molecule has 3 unspecified atom stereocenters. The van der Waals surface area contributed by atoms with Gasteiger partial charge in [-0.1, -0.05) is 126 Å². The zero-order valence-corrected chi connectivity index (χ0v) is 30.8. The standard InChI is InChI=1S/C45H46O7/c1-23(2)36-39(48)34(25(4)46)41(50)45(52)42(51)37-40(49)35-33(24(3)43(37,6)26(5)44(36,45)7)20-19-32(38(35)47)22-27-13-14-31(21-27)30-17-15-29(16-18-30)28-11-9-8-10-12-28/h8-12,14-21,23-24,26,34,36-37,47,52H,13,22H2,1-7H3/t24-,26-,34?,36?,37?,43-,44-,45+/m1/s1. The van der Waals surface area contributed by atoms with Crippen molar-refractivity contribution in [3.8, 4) is 16.9 Å². The quantitative estimate of drug-likeness (QED) is 0.255. The van der Waals surface area contributed by atoms with Crippen molar-refractivity contribution in [3.05, 3.63) is 107 Å². The van der Waals surface area contributed by atoms with E-state index in [0.717, 1.165) is 34.8 Å². The minimum Gasteiger partial charge on any atom is -0.507 e. The molecule has 268 valence electrons. The fourth-order valence-electron chi connectivity index (χ4n) is 10.6. The molecule has 7 rings (SSSR count). The summed E-state index contributed by atoms with van der Waals surface area (Å²) in [6.45, 7) is 11.8. The van der Waals surface area contributed by atoms with E-state index in [-0.39, 0.29) is 11.3 Å². The Morgan fingerprint density at radius 1 is 0.865 bits per heavy atom. The van der Waals surface area contributed by atoms with Crippen LogP contribution in [-0.2, 0) is 25.6 Å². The van der Waals surface area contributed by atoms with E-state index in [0.29, 0.717) is 24.0 Å². The van der Waals surface area contributed by atoms with Crippen LogP contribution in [0.3, 0.4) is 0 Å². The number of ketones is 5. The summed E-state index contributed by atoms with van der Waals surface area (Å²) >= 11 is 0. The van der Waals surface area contributed by atoms with Gasteiger partial charge in [-0.05, 0) is 76.3 Å². The van der Waals surface area contributed by atoms with Crippen LogP contribution < -0.4 is 0 Å². The first-order valence-electron chi connectivity index (χ1n) is 18.3. The van der Waals surface area contributed by atoms with Crippen LogP contribution in [0.4, 0.5) is 0 Å². The molecule has 0 aliphatic heterocycles. The molecule has 3 aromatic rings. The van der Waals surface area contributed by atoms with Gasteiger partial charge in [-0.2, -0.15) is 0 Å². The number of Topliss-reactive ketones (excluding diaryl/α,β-unsaturated/α-hetero) is 5. The van der Waals surface area contributed by atoms with Gasteiger partial charge in [0.15, 0.2) is 28.7 Å². The predicted molar refractivity (Wildman–Crippen MR) is 198 cm³/mol. The highest BCUT2D eigenvalue weighted by molar-refractivity contribution is 6.32. The first kappa shape index (κ1) is 35.6. The number of phenolic OH excluding ortho intramolecular Hbond substituents is 1. The Balaban J connectivity index is 1.24. The first-order chi connectivity index (χ1) is 24.5. The first-order valence-corrected chi connectivity index (χ1v) is 18.3. The van der Waals surface area contributed by atoms with Crippen molar-refractivity contribution in [2.75, 3.05) is 0 Å². The van der Waals surface area contributed by atoms with E-state index in [4.69, 9.17) is 0 Å². The summed E-state index contributed by atoms with van der Waals surface area (Å²) in [5.74, 6) is -10.1. The van der Waals surface area contributed by atoms with Crippen molar-refractivity contribution in [1.82, 2.24) is 0 Å². The lowest BCUT2D eigenvalue weighted by atomic mass is 9.35. The molecule has 52 heavy (non-hydrogen) atoms. The Morgan fingerprint density at radius 2 is 1.48 bits per heavy atom. The van der Waals surface area contributed by atoms with Gasteiger partial charge in [-0.3, -0.25) is 24.0 Å². The van der Waals surface area contributed by atoms with Crippen LogP contribution in [0.5, 0.6) is 5.75 Å². The lowest BCUT2D eigenvalue weighted by Gasteiger charge is -2.66. The van der Waals surface area contributed by atoms with E-state index in [1.54, 1.807) is 20.8 Å². The number of phenols is 1. The van der Waals surface area contributed by atoms with Crippen LogP contribution in [0.2, 0.25) is 0 Å². The Bertz CT molecular complexity index is 2120. The number of hydrogen-bond donors (Lipinski definition) is 2. The number of hydrogen-bond acceptors (Lipinski definition) is 7. The summed E-state index contributed by atoms with van der Waals surface area (Å²) in [6, 6.07) is 22.2. The van der Waals surface area contributed by atoms with Crippen LogP contribution in [0.1, 0.15) is 87.9 Å². The Morgan fingerprint density at radius 3 is 2.10 bits per heavy atom. The van der Waals surface area contributed by atoms with Gasteiger partial charge >= 0.3 is 0 Å². The number of aliphatic hydroxyl groups is 1. The number of carbonyl (C=O) groups excluding carboxylic acids is 5. The van der Waals surface area contributed by atoms with Gasteiger partial charge in [-0.15, -0.1) is 0 Å². The Kier molecular flexibility index (Phi) is 8.33. The topological polar surface area (TPSA) is 126 Å². The number of benzene rings is 3. The fraction of sp³-hybridized carbons (Fsp3) is 0.400. The number of rotatable bonds is 6. The van der Waals surface area contributed by atoms with Gasteiger partial charge in [0.05, 0.1) is 11.5 Å². The van der Waals surface area contributed by atoms with Gasteiger partial charge < -0.3 is 10.2 Å². The highest BCUT2D eigenvalue weighted by Crippen LogP contribution is 2.69. The molecule has 0 spiro atoms. The molecule has 8 atom stereocenters. The van der Waals surface area contributed by atoms with Crippen molar-refractivity contribution >= 4 is 34.5 Å². The second-order valence-corrected chi connectivity index (χ2v) is 16.3. The highest BCUT2D eigenvalue weighted by atomic mass is 16.3. The van der Waals surface area contributed by atoms with E-state index in [1.165, 1.54) is 0 Å². The lowest BCUT2D eigenvalue weighted by Crippen LogP contribution is -2.79. The molecule has 0 aromatic heterocycles. The Labute approximate surface area is 304 Å². The summed E-state index contributed by atoms with van der Waals surface area (Å²) in [6.07, 6.45) is 5.31. The number of fused-ring (bicyclic) bond motifs is 3. The van der Waals surface area contributed by atoms with Crippen LogP contribution in [0.25, 0.3) is 16.7 Å². The summed E-state index contributed by atoms with van der Waals surface area (Å²) in [4.78, 5) is 70.3. The molecule has 4 aliphatic carbocycles. The predicted octanol–water partition coefficient (Wildman–Crippen LogP) is 7.52. The fourth-order valence-corrected chi connectivity index (χ4v) is 10.6. The molecule has 4 aliphatic rings. The minimum absolute atomic E-state index is 0.0337. The van der Waals surface area contributed by atoms with E-state index >= 15 is 0 Å². The van der Waals surface area contributed by atoms with Crippen molar-refractivity contribution in [2.24, 2.45) is 40.4 Å². The normalized spacial score (nSPS) is 32.6. The molecule has 0 bridgehead atoms. The smallest absolute Gasteiger partial charge is 0.190 e. The molecular weight excluding hydrogens is 652 g/mol. The maximum atomic E-state index is 14.8. The van der Waals surface area contributed by atoms with E-state index in [2.05, 4.69) is 48.6 Å². The molecule has 0 amide bonds. The van der Waals surface area contributed by atoms with Gasteiger partial charge in [0.25, 0.3) is 0 Å². The molecule has 2 fully saturated rings.